The molecule has 2 N–H and O–H groups in total. The van der Waals surface area contributed by atoms with E-state index in [4.69, 9.17) is 0 Å². The van der Waals surface area contributed by atoms with Crippen molar-refractivity contribution in [2.75, 3.05) is 0 Å². The van der Waals surface area contributed by atoms with Crippen molar-refractivity contribution >= 4 is 0 Å². The van der Waals surface area contributed by atoms with Gasteiger partial charge >= 0.3 is 0 Å². The van der Waals surface area contributed by atoms with Crippen molar-refractivity contribution in [3.63, 3.8) is 0 Å². The number of hydrogen-bond donors (Lipinski definition) is 2. The van der Waals surface area contributed by atoms with Crippen molar-refractivity contribution in [2.45, 2.75) is 44.4 Å². The Morgan fingerprint density at radius 1 is 1.13 bits per heavy atom. The van der Waals surface area contributed by atoms with Crippen LogP contribution in [0.1, 0.15) is 31.2 Å². The standard InChI is InChI=1S/C13H19NO/c15-13-9-5-4-8-12(13)14-10-11-6-2-1-3-7-11/h1-3,6-7,12-15H,4-5,8-10H2/t12-,13?/m0/s1. The van der Waals surface area contributed by atoms with Crippen LogP contribution in [0.15, 0.2) is 30.3 Å². The van der Waals surface area contributed by atoms with Gasteiger partial charge in [0.25, 0.3) is 0 Å². The molecule has 0 bridgehead atoms. The van der Waals surface area contributed by atoms with Crippen molar-refractivity contribution in [3.8, 4) is 0 Å². The number of benzene rings is 1. The van der Waals surface area contributed by atoms with Crippen LogP contribution in [0.5, 0.6) is 0 Å². The second kappa shape index (κ2) is 5.29. The molecule has 0 radical (unpaired) electrons. The quantitative estimate of drug-likeness (QED) is 0.792. The van der Waals surface area contributed by atoms with Crippen molar-refractivity contribution < 1.29 is 5.11 Å². The van der Waals surface area contributed by atoms with Gasteiger partial charge in [-0.05, 0) is 18.4 Å². The van der Waals surface area contributed by atoms with E-state index in [1.165, 1.54) is 18.4 Å². The van der Waals surface area contributed by atoms with E-state index >= 15 is 0 Å². The SMILES string of the molecule is OC1CCCC[C@@H]1NCc1ccccc1. The van der Waals surface area contributed by atoms with E-state index in [-0.39, 0.29) is 6.10 Å². The van der Waals surface area contributed by atoms with Gasteiger partial charge in [-0.25, -0.2) is 0 Å². The maximum Gasteiger partial charge on any atom is 0.0693 e. The smallest absolute Gasteiger partial charge is 0.0693 e. The Kier molecular flexibility index (Phi) is 3.75. The van der Waals surface area contributed by atoms with Crippen molar-refractivity contribution in [3.05, 3.63) is 35.9 Å². The third-order valence-corrected chi connectivity index (χ3v) is 3.14. The van der Waals surface area contributed by atoms with Crippen LogP contribution in [0.2, 0.25) is 0 Å². The van der Waals surface area contributed by atoms with E-state index in [9.17, 15) is 5.11 Å². The molecule has 1 fully saturated rings. The van der Waals surface area contributed by atoms with Gasteiger partial charge in [0, 0.05) is 12.6 Å². The number of hydrogen-bond acceptors (Lipinski definition) is 2. The monoisotopic (exact) mass is 205 g/mol. The van der Waals surface area contributed by atoms with Gasteiger partial charge in [0.1, 0.15) is 0 Å². The van der Waals surface area contributed by atoms with E-state index in [2.05, 4.69) is 17.4 Å². The normalized spacial score (nSPS) is 26.5. The third-order valence-electron chi connectivity index (χ3n) is 3.14. The highest BCUT2D eigenvalue weighted by molar-refractivity contribution is 5.14. The van der Waals surface area contributed by atoms with Crippen LogP contribution in [0, 0.1) is 0 Å². The van der Waals surface area contributed by atoms with Crippen LogP contribution in [-0.2, 0) is 6.54 Å². The summed E-state index contributed by atoms with van der Waals surface area (Å²) in [5.74, 6) is 0. The molecule has 0 spiro atoms. The van der Waals surface area contributed by atoms with Crippen LogP contribution in [0.4, 0.5) is 0 Å². The van der Waals surface area contributed by atoms with Gasteiger partial charge < -0.3 is 10.4 Å². The highest BCUT2D eigenvalue weighted by atomic mass is 16.3. The lowest BCUT2D eigenvalue weighted by atomic mass is 9.92. The molecule has 1 aliphatic carbocycles. The maximum atomic E-state index is 9.78. The Morgan fingerprint density at radius 2 is 1.87 bits per heavy atom. The Labute approximate surface area is 91.3 Å². The third kappa shape index (κ3) is 3.05. The predicted octanol–water partition coefficient (Wildman–Crippen LogP) is 2.08. The van der Waals surface area contributed by atoms with Crippen LogP contribution in [0.25, 0.3) is 0 Å². The van der Waals surface area contributed by atoms with Gasteiger partial charge in [-0.3, -0.25) is 0 Å². The zero-order chi connectivity index (χ0) is 10.5. The summed E-state index contributed by atoms with van der Waals surface area (Å²) in [5.41, 5.74) is 1.29. The number of rotatable bonds is 3. The molecule has 1 saturated carbocycles. The molecule has 2 nitrogen and oxygen atoms in total. The summed E-state index contributed by atoms with van der Waals surface area (Å²) in [6.07, 6.45) is 4.32. The molecule has 0 heterocycles. The van der Waals surface area contributed by atoms with Crippen LogP contribution >= 0.6 is 0 Å². The fourth-order valence-corrected chi connectivity index (χ4v) is 2.19. The van der Waals surface area contributed by atoms with Gasteiger partial charge in [-0.2, -0.15) is 0 Å². The molecule has 1 aromatic carbocycles. The van der Waals surface area contributed by atoms with Gasteiger partial charge in [0.2, 0.25) is 0 Å². The first-order valence-electron chi connectivity index (χ1n) is 5.81. The Morgan fingerprint density at radius 3 is 2.60 bits per heavy atom. The molecule has 0 saturated heterocycles. The summed E-state index contributed by atoms with van der Waals surface area (Å²) in [4.78, 5) is 0. The van der Waals surface area contributed by atoms with Crippen LogP contribution < -0.4 is 5.32 Å². The molecule has 2 rings (SSSR count). The zero-order valence-corrected chi connectivity index (χ0v) is 9.02. The number of nitrogens with one attached hydrogen (secondary N) is 1. The van der Waals surface area contributed by atoms with Gasteiger partial charge in [-0.15, -0.1) is 0 Å². The highest BCUT2D eigenvalue weighted by Crippen LogP contribution is 2.18. The van der Waals surface area contributed by atoms with Crippen LogP contribution in [0.3, 0.4) is 0 Å². The zero-order valence-electron chi connectivity index (χ0n) is 9.02. The largest absolute Gasteiger partial charge is 0.392 e. The topological polar surface area (TPSA) is 32.3 Å². The summed E-state index contributed by atoms with van der Waals surface area (Å²) in [6.45, 7) is 0.864. The molecule has 0 aromatic heterocycles. The first kappa shape index (κ1) is 10.7. The molecule has 82 valence electrons. The summed E-state index contributed by atoms with van der Waals surface area (Å²) >= 11 is 0. The molecular formula is C13H19NO. The first-order chi connectivity index (χ1) is 7.36. The second-order valence-electron chi connectivity index (χ2n) is 4.32. The highest BCUT2D eigenvalue weighted by Gasteiger charge is 2.21. The van der Waals surface area contributed by atoms with Crippen molar-refractivity contribution in [1.29, 1.82) is 0 Å². The van der Waals surface area contributed by atoms with E-state index in [1.807, 2.05) is 18.2 Å². The Hall–Kier alpha value is -0.860. The fraction of sp³-hybridized carbons (Fsp3) is 0.538. The van der Waals surface area contributed by atoms with E-state index in [0.717, 1.165) is 19.4 Å². The Balaban J connectivity index is 1.82. The van der Waals surface area contributed by atoms with Gasteiger partial charge in [0.05, 0.1) is 6.10 Å². The van der Waals surface area contributed by atoms with Crippen molar-refractivity contribution in [2.24, 2.45) is 0 Å². The molecule has 15 heavy (non-hydrogen) atoms. The minimum atomic E-state index is -0.150. The molecule has 0 aliphatic heterocycles. The van der Waals surface area contributed by atoms with Crippen LogP contribution in [-0.4, -0.2) is 17.3 Å². The number of aliphatic hydroxyl groups excluding tert-OH is 1. The molecule has 2 atom stereocenters. The molecular weight excluding hydrogens is 186 g/mol. The van der Waals surface area contributed by atoms with Gasteiger partial charge in [-0.1, -0.05) is 43.2 Å². The van der Waals surface area contributed by atoms with E-state index in [0.29, 0.717) is 6.04 Å². The molecule has 1 aliphatic rings. The first-order valence-corrected chi connectivity index (χ1v) is 5.81. The second-order valence-corrected chi connectivity index (χ2v) is 4.32. The summed E-state index contributed by atoms with van der Waals surface area (Å²) < 4.78 is 0. The van der Waals surface area contributed by atoms with Gasteiger partial charge in [0.15, 0.2) is 0 Å². The average Bonchev–Trinajstić information content (AvgIpc) is 2.29. The number of aliphatic hydroxyl groups is 1. The molecule has 1 unspecified atom stereocenters. The average molecular weight is 205 g/mol. The molecule has 0 amide bonds. The van der Waals surface area contributed by atoms with E-state index in [1.54, 1.807) is 0 Å². The van der Waals surface area contributed by atoms with Crippen molar-refractivity contribution in [1.82, 2.24) is 5.32 Å². The lowest BCUT2D eigenvalue weighted by Gasteiger charge is -2.28. The summed E-state index contributed by atoms with van der Waals surface area (Å²) in [6, 6.07) is 10.6. The predicted molar refractivity (Wildman–Crippen MR) is 61.5 cm³/mol. The lowest BCUT2D eigenvalue weighted by Crippen LogP contribution is -2.41. The lowest BCUT2D eigenvalue weighted by molar-refractivity contribution is 0.0902. The minimum absolute atomic E-state index is 0.150. The maximum absolute atomic E-state index is 9.78. The molecule has 2 heteroatoms. The summed E-state index contributed by atoms with van der Waals surface area (Å²) in [5, 5.41) is 13.2. The fourth-order valence-electron chi connectivity index (χ4n) is 2.19. The van der Waals surface area contributed by atoms with E-state index < -0.39 is 0 Å². The Bertz CT molecular complexity index is 286. The summed E-state index contributed by atoms with van der Waals surface area (Å²) in [7, 11) is 0. The molecule has 1 aromatic rings. The minimum Gasteiger partial charge on any atom is -0.392 e.